The first kappa shape index (κ1) is 13.8. The van der Waals surface area contributed by atoms with Gasteiger partial charge in [0, 0.05) is 10.7 Å². The molecule has 82 valence electrons. The molecule has 0 aromatic heterocycles. The zero-order valence-corrected chi connectivity index (χ0v) is 9.95. The molecule has 0 aliphatic rings. The number of carbonyl (C=O) groups excluding carboxylic acids is 1. The summed E-state index contributed by atoms with van der Waals surface area (Å²) >= 11 is 3.30. The van der Waals surface area contributed by atoms with Crippen LogP contribution in [-0.2, 0) is 9.53 Å². The number of benzene rings is 1. The Bertz CT molecular complexity index is 306. The van der Waals surface area contributed by atoms with Crippen molar-refractivity contribution in [2.75, 3.05) is 13.7 Å². The van der Waals surface area contributed by atoms with Gasteiger partial charge in [-0.15, -0.1) is 0 Å². The van der Waals surface area contributed by atoms with Crippen LogP contribution in [0.2, 0.25) is 0 Å². The smallest absolute Gasteiger partial charge is 0.319 e. The van der Waals surface area contributed by atoms with Crippen molar-refractivity contribution >= 4 is 28.1 Å². The van der Waals surface area contributed by atoms with Crippen molar-refractivity contribution < 1.29 is 9.53 Å². The second-order valence-electron chi connectivity index (χ2n) is 2.48. The number of ether oxygens (including phenoxy) is 1. The molecule has 1 aromatic carbocycles. The fraction of sp³-hybridized carbons (Fsp3) is 0.200. The molecule has 0 aliphatic heterocycles. The van der Waals surface area contributed by atoms with Crippen molar-refractivity contribution in [3.8, 4) is 0 Å². The number of hydrogen-bond acceptors (Lipinski definition) is 4. The van der Waals surface area contributed by atoms with Gasteiger partial charge in [-0.05, 0) is 17.7 Å². The van der Waals surface area contributed by atoms with E-state index in [-0.39, 0.29) is 12.5 Å². The lowest BCUT2D eigenvalue weighted by Crippen LogP contribution is -2.14. The van der Waals surface area contributed by atoms with Crippen molar-refractivity contribution in [2.24, 2.45) is 5.73 Å². The highest BCUT2D eigenvalue weighted by Gasteiger charge is 1.87. The summed E-state index contributed by atoms with van der Waals surface area (Å²) in [7, 11) is 1.30. The van der Waals surface area contributed by atoms with Gasteiger partial charge in [-0.1, -0.05) is 28.1 Å². The quantitative estimate of drug-likeness (QED) is 0.634. The Labute approximate surface area is 97.1 Å². The van der Waals surface area contributed by atoms with Crippen LogP contribution in [0.1, 0.15) is 5.56 Å². The summed E-state index contributed by atoms with van der Waals surface area (Å²) in [6.07, 6.45) is 1.33. The molecule has 0 saturated carbocycles. The highest BCUT2D eigenvalue weighted by Crippen LogP contribution is 2.08. The normalized spacial score (nSPS) is 8.47. The minimum Gasteiger partial charge on any atom is -0.468 e. The van der Waals surface area contributed by atoms with Crippen LogP contribution in [0.5, 0.6) is 0 Å². The maximum absolute atomic E-state index is 9.83. The minimum atomic E-state index is -0.380. The number of hydrogen-bond donors (Lipinski definition) is 2. The molecule has 0 bridgehead atoms. The summed E-state index contributed by atoms with van der Waals surface area (Å²) < 4.78 is 5.18. The summed E-state index contributed by atoms with van der Waals surface area (Å²) in [5.41, 5.74) is 5.74. The monoisotopic (exact) mass is 272 g/mol. The van der Waals surface area contributed by atoms with Crippen LogP contribution in [-0.4, -0.2) is 25.8 Å². The Morgan fingerprint density at radius 1 is 1.53 bits per heavy atom. The summed E-state index contributed by atoms with van der Waals surface area (Å²) in [5, 5.41) is 6.87. The molecular formula is C10H13BrN2O2. The zero-order chi connectivity index (χ0) is 11.7. The summed E-state index contributed by atoms with van der Waals surface area (Å²) in [5.74, 6) is -0.380. The zero-order valence-electron chi connectivity index (χ0n) is 8.37. The number of rotatable bonds is 2. The number of halogens is 1. The summed E-state index contributed by atoms with van der Waals surface area (Å²) in [6.45, 7) is -0.0312. The lowest BCUT2D eigenvalue weighted by Gasteiger charge is -1.89. The predicted octanol–water partition coefficient (Wildman–Crippen LogP) is 1.56. The van der Waals surface area contributed by atoms with Crippen molar-refractivity contribution in [3.05, 3.63) is 34.3 Å². The number of methoxy groups -OCH3 is 1. The molecule has 0 radical (unpaired) electrons. The van der Waals surface area contributed by atoms with E-state index >= 15 is 0 Å². The van der Waals surface area contributed by atoms with Gasteiger partial charge in [-0.2, -0.15) is 0 Å². The third-order valence-corrected chi connectivity index (χ3v) is 1.96. The van der Waals surface area contributed by atoms with Crippen molar-refractivity contribution in [3.63, 3.8) is 0 Å². The standard InChI is InChI=1S/C7H6BrN.C3H7NO2/c8-7-3-1-6(5-9)2-4-7;1-6-3(5)2-4/h1-5,9H;2,4H2,1H3. The van der Waals surface area contributed by atoms with Gasteiger partial charge in [0.15, 0.2) is 0 Å². The van der Waals surface area contributed by atoms with Crippen LogP contribution in [0.25, 0.3) is 0 Å². The van der Waals surface area contributed by atoms with Gasteiger partial charge in [-0.3, -0.25) is 4.79 Å². The van der Waals surface area contributed by atoms with E-state index in [4.69, 9.17) is 11.1 Å². The largest absolute Gasteiger partial charge is 0.468 e. The first-order valence-corrected chi connectivity index (χ1v) is 4.96. The molecule has 0 spiro atoms. The number of nitrogens with two attached hydrogens (primary N) is 1. The second-order valence-corrected chi connectivity index (χ2v) is 3.39. The Morgan fingerprint density at radius 3 is 2.33 bits per heavy atom. The third-order valence-electron chi connectivity index (χ3n) is 1.43. The first-order valence-electron chi connectivity index (χ1n) is 4.17. The molecule has 0 amide bonds. The lowest BCUT2D eigenvalue weighted by molar-refractivity contribution is -0.138. The van der Waals surface area contributed by atoms with Gasteiger partial charge in [0.2, 0.25) is 0 Å². The SMILES string of the molecule is COC(=O)CN.N=Cc1ccc(Br)cc1. The van der Waals surface area contributed by atoms with Crippen LogP contribution >= 0.6 is 15.9 Å². The summed E-state index contributed by atoms with van der Waals surface area (Å²) in [4.78, 5) is 9.83. The van der Waals surface area contributed by atoms with Crippen molar-refractivity contribution in [2.45, 2.75) is 0 Å². The van der Waals surface area contributed by atoms with E-state index in [9.17, 15) is 4.79 Å². The molecule has 1 aromatic rings. The van der Waals surface area contributed by atoms with E-state index in [2.05, 4.69) is 20.7 Å². The second kappa shape index (κ2) is 8.14. The van der Waals surface area contributed by atoms with Crippen LogP contribution < -0.4 is 5.73 Å². The topological polar surface area (TPSA) is 76.2 Å². The van der Waals surface area contributed by atoms with Crippen molar-refractivity contribution in [1.82, 2.24) is 0 Å². The minimum absolute atomic E-state index is 0.0312. The van der Waals surface area contributed by atoms with E-state index in [0.29, 0.717) is 0 Å². The van der Waals surface area contributed by atoms with Crippen molar-refractivity contribution in [1.29, 1.82) is 5.41 Å². The Morgan fingerprint density at radius 2 is 2.07 bits per heavy atom. The van der Waals surface area contributed by atoms with E-state index in [1.165, 1.54) is 13.3 Å². The third kappa shape index (κ3) is 6.82. The first-order chi connectivity index (χ1) is 7.13. The van der Waals surface area contributed by atoms with E-state index in [1.54, 1.807) is 0 Å². The molecule has 5 heteroatoms. The highest BCUT2D eigenvalue weighted by molar-refractivity contribution is 9.10. The van der Waals surface area contributed by atoms with Crippen LogP contribution in [0.4, 0.5) is 0 Å². The number of nitrogens with one attached hydrogen (secondary N) is 1. The molecule has 0 atom stereocenters. The van der Waals surface area contributed by atoms with E-state index < -0.39 is 0 Å². The fourth-order valence-electron chi connectivity index (χ4n) is 0.642. The fourth-order valence-corrected chi connectivity index (χ4v) is 0.907. The molecule has 15 heavy (non-hydrogen) atoms. The molecule has 3 N–H and O–H groups in total. The van der Waals surface area contributed by atoms with Crippen LogP contribution in [0.3, 0.4) is 0 Å². The maximum atomic E-state index is 9.83. The molecule has 1 rings (SSSR count). The molecule has 0 aliphatic carbocycles. The predicted molar refractivity (Wildman–Crippen MR) is 63.1 cm³/mol. The maximum Gasteiger partial charge on any atom is 0.319 e. The molecule has 4 nitrogen and oxygen atoms in total. The average Bonchev–Trinajstić information content (AvgIpc) is 2.30. The molecule has 0 unspecified atom stereocenters. The van der Waals surface area contributed by atoms with E-state index in [0.717, 1.165) is 10.0 Å². The van der Waals surface area contributed by atoms with Gasteiger partial charge in [0.05, 0.1) is 13.7 Å². The van der Waals surface area contributed by atoms with Gasteiger partial charge in [0.1, 0.15) is 0 Å². The molecular weight excluding hydrogens is 260 g/mol. The number of carbonyl (C=O) groups is 1. The van der Waals surface area contributed by atoms with Gasteiger partial charge >= 0.3 is 5.97 Å². The lowest BCUT2D eigenvalue weighted by atomic mass is 10.2. The van der Waals surface area contributed by atoms with E-state index in [1.807, 2.05) is 24.3 Å². The summed E-state index contributed by atoms with van der Waals surface area (Å²) in [6, 6.07) is 7.61. The molecule has 0 saturated heterocycles. The van der Waals surface area contributed by atoms with Gasteiger partial charge in [0.25, 0.3) is 0 Å². The Hall–Kier alpha value is -1.20. The highest BCUT2D eigenvalue weighted by atomic mass is 79.9. The van der Waals surface area contributed by atoms with Gasteiger partial charge in [-0.25, -0.2) is 0 Å². The Balaban J connectivity index is 0.000000288. The average molecular weight is 273 g/mol. The van der Waals surface area contributed by atoms with Gasteiger partial charge < -0.3 is 15.9 Å². The Kier molecular flexibility index (Phi) is 7.49. The molecule has 0 fully saturated rings. The molecule has 0 heterocycles. The van der Waals surface area contributed by atoms with Crippen LogP contribution in [0, 0.1) is 5.41 Å². The van der Waals surface area contributed by atoms with Crippen LogP contribution in [0.15, 0.2) is 28.7 Å². The number of esters is 1.